The number of ether oxygens (including phenoxy) is 1. The summed E-state index contributed by atoms with van der Waals surface area (Å²) in [4.78, 5) is 14.3. The molecule has 1 atom stereocenters. The van der Waals surface area contributed by atoms with Crippen molar-refractivity contribution in [2.75, 3.05) is 31.1 Å². The van der Waals surface area contributed by atoms with Gasteiger partial charge in [-0.3, -0.25) is 4.79 Å². The standard InChI is InChI=1S/C19H21ClN2O2/c20-16-6-8-18(9-7-16)24-14-19(23)21-12-15-10-11-22(13-15)17-4-2-1-3-5-17/h1-9,15H,10-14H2,(H,21,23). The van der Waals surface area contributed by atoms with Crippen LogP contribution in [-0.4, -0.2) is 32.1 Å². The SMILES string of the molecule is O=C(COc1ccc(Cl)cc1)NCC1CCN(c2ccccc2)C1. The molecule has 1 N–H and O–H groups in total. The van der Waals surface area contributed by atoms with E-state index >= 15 is 0 Å². The van der Waals surface area contributed by atoms with Crippen LogP contribution in [0.5, 0.6) is 5.75 Å². The number of rotatable bonds is 6. The van der Waals surface area contributed by atoms with E-state index in [1.165, 1.54) is 5.69 Å². The Bertz CT molecular complexity index is 661. The van der Waals surface area contributed by atoms with Gasteiger partial charge in [0.15, 0.2) is 6.61 Å². The summed E-state index contributed by atoms with van der Waals surface area (Å²) in [5.74, 6) is 1.03. The van der Waals surface area contributed by atoms with Crippen molar-refractivity contribution < 1.29 is 9.53 Å². The van der Waals surface area contributed by atoms with Crippen molar-refractivity contribution in [2.45, 2.75) is 6.42 Å². The number of nitrogens with one attached hydrogen (secondary N) is 1. The number of hydrogen-bond donors (Lipinski definition) is 1. The van der Waals surface area contributed by atoms with E-state index in [1.807, 2.05) is 6.07 Å². The minimum atomic E-state index is -0.0943. The third-order valence-electron chi connectivity index (χ3n) is 4.18. The Balaban J connectivity index is 1.38. The molecule has 2 aromatic rings. The molecule has 0 radical (unpaired) electrons. The van der Waals surface area contributed by atoms with Crippen LogP contribution >= 0.6 is 11.6 Å². The summed E-state index contributed by atoms with van der Waals surface area (Å²) in [7, 11) is 0. The van der Waals surface area contributed by atoms with E-state index in [-0.39, 0.29) is 12.5 Å². The molecule has 0 aromatic heterocycles. The third-order valence-corrected chi connectivity index (χ3v) is 4.43. The number of anilines is 1. The summed E-state index contributed by atoms with van der Waals surface area (Å²) in [6, 6.07) is 17.4. The van der Waals surface area contributed by atoms with Crippen molar-refractivity contribution in [3.05, 3.63) is 59.6 Å². The number of hydrogen-bond acceptors (Lipinski definition) is 3. The predicted molar refractivity (Wildman–Crippen MR) is 96.7 cm³/mol. The molecular weight excluding hydrogens is 324 g/mol. The average Bonchev–Trinajstić information content (AvgIpc) is 3.09. The number of carbonyl (C=O) groups is 1. The van der Waals surface area contributed by atoms with Gasteiger partial charge in [0.2, 0.25) is 0 Å². The molecule has 0 bridgehead atoms. The van der Waals surface area contributed by atoms with E-state index in [4.69, 9.17) is 16.3 Å². The van der Waals surface area contributed by atoms with E-state index in [2.05, 4.69) is 34.5 Å². The van der Waals surface area contributed by atoms with E-state index in [1.54, 1.807) is 24.3 Å². The molecule has 24 heavy (non-hydrogen) atoms. The molecule has 1 amide bonds. The molecule has 1 saturated heterocycles. The Hall–Kier alpha value is -2.20. The van der Waals surface area contributed by atoms with Crippen molar-refractivity contribution in [3.63, 3.8) is 0 Å². The molecule has 2 aromatic carbocycles. The van der Waals surface area contributed by atoms with Gasteiger partial charge in [-0.15, -0.1) is 0 Å². The quantitative estimate of drug-likeness (QED) is 0.873. The van der Waals surface area contributed by atoms with Gasteiger partial charge in [0.05, 0.1) is 0 Å². The number of amides is 1. The van der Waals surface area contributed by atoms with Crippen LogP contribution in [-0.2, 0) is 4.79 Å². The molecular formula is C19H21ClN2O2. The fourth-order valence-electron chi connectivity index (χ4n) is 2.86. The largest absolute Gasteiger partial charge is 0.484 e. The second kappa shape index (κ2) is 8.06. The zero-order chi connectivity index (χ0) is 16.8. The Labute approximate surface area is 147 Å². The Morgan fingerprint density at radius 2 is 1.92 bits per heavy atom. The van der Waals surface area contributed by atoms with Gasteiger partial charge in [-0.05, 0) is 48.7 Å². The first-order valence-corrected chi connectivity index (χ1v) is 8.53. The maximum atomic E-state index is 11.9. The highest BCUT2D eigenvalue weighted by atomic mass is 35.5. The molecule has 4 nitrogen and oxygen atoms in total. The molecule has 126 valence electrons. The van der Waals surface area contributed by atoms with Crippen molar-refractivity contribution in [1.29, 1.82) is 0 Å². The maximum Gasteiger partial charge on any atom is 0.257 e. The molecule has 0 saturated carbocycles. The van der Waals surface area contributed by atoms with Crippen LogP contribution in [0.25, 0.3) is 0 Å². The Morgan fingerprint density at radius 1 is 1.17 bits per heavy atom. The topological polar surface area (TPSA) is 41.6 Å². The number of nitrogens with zero attached hydrogens (tertiary/aromatic N) is 1. The van der Waals surface area contributed by atoms with E-state index in [0.29, 0.717) is 23.2 Å². The number of benzene rings is 2. The first kappa shape index (κ1) is 16.7. The normalized spacial score (nSPS) is 16.9. The van der Waals surface area contributed by atoms with Gasteiger partial charge < -0.3 is 15.0 Å². The highest BCUT2D eigenvalue weighted by Gasteiger charge is 2.22. The van der Waals surface area contributed by atoms with E-state index in [0.717, 1.165) is 19.5 Å². The summed E-state index contributed by atoms with van der Waals surface area (Å²) in [5, 5.41) is 3.61. The first-order chi connectivity index (χ1) is 11.7. The van der Waals surface area contributed by atoms with Gasteiger partial charge >= 0.3 is 0 Å². The van der Waals surface area contributed by atoms with Crippen LogP contribution in [0.4, 0.5) is 5.69 Å². The van der Waals surface area contributed by atoms with Gasteiger partial charge in [0.1, 0.15) is 5.75 Å². The summed E-state index contributed by atoms with van der Waals surface area (Å²) >= 11 is 5.81. The summed E-state index contributed by atoms with van der Waals surface area (Å²) < 4.78 is 5.45. The lowest BCUT2D eigenvalue weighted by molar-refractivity contribution is -0.123. The van der Waals surface area contributed by atoms with E-state index in [9.17, 15) is 4.79 Å². The highest BCUT2D eigenvalue weighted by molar-refractivity contribution is 6.30. The van der Waals surface area contributed by atoms with Crippen LogP contribution in [0.15, 0.2) is 54.6 Å². The monoisotopic (exact) mass is 344 g/mol. The maximum absolute atomic E-state index is 11.9. The predicted octanol–water partition coefficient (Wildman–Crippen LogP) is 3.36. The van der Waals surface area contributed by atoms with Crippen molar-refractivity contribution in [3.8, 4) is 5.75 Å². The number of para-hydroxylation sites is 1. The van der Waals surface area contributed by atoms with Crippen LogP contribution in [0.3, 0.4) is 0 Å². The van der Waals surface area contributed by atoms with Crippen molar-refractivity contribution >= 4 is 23.2 Å². The second-order valence-electron chi connectivity index (χ2n) is 5.98. The minimum absolute atomic E-state index is 0.0246. The van der Waals surface area contributed by atoms with Gasteiger partial charge in [-0.2, -0.15) is 0 Å². The van der Waals surface area contributed by atoms with Crippen LogP contribution in [0.1, 0.15) is 6.42 Å². The number of carbonyl (C=O) groups excluding carboxylic acids is 1. The molecule has 0 spiro atoms. The highest BCUT2D eigenvalue weighted by Crippen LogP contribution is 2.23. The van der Waals surface area contributed by atoms with Gasteiger partial charge in [-0.25, -0.2) is 0 Å². The molecule has 1 aliphatic heterocycles. The lowest BCUT2D eigenvalue weighted by Crippen LogP contribution is -2.34. The minimum Gasteiger partial charge on any atom is -0.484 e. The molecule has 5 heteroatoms. The molecule has 0 aliphatic carbocycles. The summed E-state index contributed by atoms with van der Waals surface area (Å²) in [5.41, 5.74) is 1.25. The lowest BCUT2D eigenvalue weighted by Gasteiger charge is -2.18. The molecule has 3 rings (SSSR count). The summed E-state index contributed by atoms with van der Waals surface area (Å²) in [6.45, 7) is 2.72. The Morgan fingerprint density at radius 3 is 2.67 bits per heavy atom. The van der Waals surface area contributed by atoms with Crippen molar-refractivity contribution in [1.82, 2.24) is 5.32 Å². The smallest absolute Gasteiger partial charge is 0.257 e. The van der Waals surface area contributed by atoms with Gasteiger partial charge in [0, 0.05) is 30.3 Å². The van der Waals surface area contributed by atoms with Gasteiger partial charge in [-0.1, -0.05) is 29.8 Å². The van der Waals surface area contributed by atoms with Crippen molar-refractivity contribution in [2.24, 2.45) is 5.92 Å². The fraction of sp³-hybridized carbons (Fsp3) is 0.316. The van der Waals surface area contributed by atoms with Crippen LogP contribution in [0.2, 0.25) is 5.02 Å². The third kappa shape index (κ3) is 4.65. The zero-order valence-electron chi connectivity index (χ0n) is 13.5. The lowest BCUT2D eigenvalue weighted by atomic mass is 10.1. The van der Waals surface area contributed by atoms with Crippen LogP contribution in [0, 0.1) is 5.92 Å². The Kier molecular flexibility index (Phi) is 5.59. The average molecular weight is 345 g/mol. The molecule has 1 heterocycles. The summed E-state index contributed by atoms with van der Waals surface area (Å²) in [6.07, 6.45) is 1.09. The second-order valence-corrected chi connectivity index (χ2v) is 6.42. The molecule has 1 fully saturated rings. The van der Waals surface area contributed by atoms with Crippen LogP contribution < -0.4 is 15.0 Å². The zero-order valence-corrected chi connectivity index (χ0v) is 14.2. The van der Waals surface area contributed by atoms with E-state index < -0.39 is 0 Å². The molecule has 1 unspecified atom stereocenters. The molecule has 1 aliphatic rings. The van der Waals surface area contributed by atoms with Gasteiger partial charge in [0.25, 0.3) is 5.91 Å². The fourth-order valence-corrected chi connectivity index (χ4v) is 2.99. The first-order valence-electron chi connectivity index (χ1n) is 8.16. The number of halogens is 1.